The summed E-state index contributed by atoms with van der Waals surface area (Å²) in [5.74, 6) is 2.40. The van der Waals surface area contributed by atoms with E-state index in [2.05, 4.69) is 63.6 Å². The molecule has 1 aliphatic carbocycles. The topological polar surface area (TPSA) is 114 Å². The van der Waals surface area contributed by atoms with Crippen molar-refractivity contribution < 1.29 is 13.2 Å². The number of hydrogen-bond acceptors (Lipinski definition) is 9. The van der Waals surface area contributed by atoms with E-state index in [1.165, 1.54) is 22.0 Å². The average Bonchev–Trinajstić information content (AvgIpc) is 3.62. The Hall–Kier alpha value is -2.89. The van der Waals surface area contributed by atoms with Crippen molar-refractivity contribution in [2.75, 3.05) is 30.8 Å². The summed E-state index contributed by atoms with van der Waals surface area (Å²) in [6.07, 6.45) is 6.51. The number of sulfone groups is 1. The van der Waals surface area contributed by atoms with Crippen LogP contribution in [0.4, 0.5) is 23.1 Å². The van der Waals surface area contributed by atoms with Gasteiger partial charge in [-0.3, -0.25) is 4.68 Å². The highest BCUT2D eigenvalue weighted by atomic mass is 35.5. The molecule has 2 N–H and O–H groups in total. The summed E-state index contributed by atoms with van der Waals surface area (Å²) in [5, 5.41) is 10.1. The molecule has 1 saturated carbocycles. The molecule has 1 aliphatic heterocycles. The van der Waals surface area contributed by atoms with Crippen molar-refractivity contribution >= 4 is 44.6 Å². The fraction of sp³-hybridized carbons (Fsp3) is 0.536. The standard InChI is InChI=1S/C28H38ClN7O3S/c1-16(2)40(37,38)27-24(15-36(6)34-27)31-26-22(29)13-30-28(33-26)32-23-11-17(3)21(12-25(23)39-19-7-8-19)20-9-10-35(5)14-18(20)4/h11-13,15-16,18-20H,7-10,14H2,1-6H3,(H2,30,31,32,33). The second-order valence-electron chi connectivity index (χ2n) is 11.4. The minimum Gasteiger partial charge on any atom is -0.488 e. The summed E-state index contributed by atoms with van der Waals surface area (Å²) in [6, 6.07) is 4.30. The lowest BCUT2D eigenvalue weighted by Crippen LogP contribution is -2.35. The number of aryl methyl sites for hydroxylation is 2. The number of piperidine rings is 1. The van der Waals surface area contributed by atoms with Gasteiger partial charge in [-0.2, -0.15) is 10.1 Å². The Kier molecular flexibility index (Phi) is 8.00. The molecule has 10 nitrogen and oxygen atoms in total. The lowest BCUT2D eigenvalue weighted by atomic mass is 9.80. The van der Waals surface area contributed by atoms with Crippen LogP contribution in [0.2, 0.25) is 5.02 Å². The smallest absolute Gasteiger partial charge is 0.229 e. The van der Waals surface area contributed by atoms with E-state index in [1.54, 1.807) is 27.1 Å². The molecule has 3 heterocycles. The SMILES string of the molecule is Cc1cc(Nc2ncc(Cl)c(Nc3cn(C)nc3S(=O)(=O)C(C)C)n2)c(OC2CC2)cc1C1CCN(C)CC1C. The van der Waals surface area contributed by atoms with Gasteiger partial charge in [0.05, 0.1) is 28.9 Å². The first-order valence-corrected chi connectivity index (χ1v) is 15.7. The molecule has 40 heavy (non-hydrogen) atoms. The number of hydrogen-bond donors (Lipinski definition) is 2. The van der Waals surface area contributed by atoms with Crippen molar-refractivity contribution in [3.05, 3.63) is 40.7 Å². The third kappa shape index (κ3) is 6.06. The first-order chi connectivity index (χ1) is 18.9. The van der Waals surface area contributed by atoms with E-state index in [9.17, 15) is 8.42 Å². The first kappa shape index (κ1) is 28.6. The quantitative estimate of drug-likeness (QED) is 0.338. The Morgan fingerprint density at radius 1 is 1.12 bits per heavy atom. The van der Waals surface area contributed by atoms with Gasteiger partial charge in [-0.15, -0.1) is 0 Å². The molecular formula is C28H38ClN7O3S. The van der Waals surface area contributed by atoms with Gasteiger partial charge in [0.25, 0.3) is 0 Å². The maximum Gasteiger partial charge on any atom is 0.229 e. The van der Waals surface area contributed by atoms with E-state index in [0.29, 0.717) is 23.5 Å². The predicted octanol–water partition coefficient (Wildman–Crippen LogP) is 5.44. The van der Waals surface area contributed by atoms with Gasteiger partial charge in [-0.25, -0.2) is 13.4 Å². The van der Waals surface area contributed by atoms with Crippen molar-refractivity contribution in [1.29, 1.82) is 0 Å². The zero-order valence-electron chi connectivity index (χ0n) is 23.9. The zero-order valence-corrected chi connectivity index (χ0v) is 25.5. The molecule has 0 bridgehead atoms. The summed E-state index contributed by atoms with van der Waals surface area (Å²) >= 11 is 6.43. The van der Waals surface area contributed by atoms with Gasteiger partial charge in [-0.1, -0.05) is 18.5 Å². The summed E-state index contributed by atoms with van der Waals surface area (Å²) in [7, 11) is 0.217. The summed E-state index contributed by atoms with van der Waals surface area (Å²) < 4.78 is 33.6. The van der Waals surface area contributed by atoms with Crippen LogP contribution in [0, 0.1) is 12.8 Å². The van der Waals surface area contributed by atoms with Crippen LogP contribution in [0.3, 0.4) is 0 Å². The zero-order chi connectivity index (χ0) is 28.8. The van der Waals surface area contributed by atoms with Gasteiger partial charge in [0.15, 0.2) is 5.82 Å². The molecule has 5 rings (SSSR count). The number of anilines is 4. The van der Waals surface area contributed by atoms with Crippen LogP contribution in [-0.4, -0.2) is 64.6 Å². The van der Waals surface area contributed by atoms with Gasteiger partial charge >= 0.3 is 0 Å². The molecule has 1 aromatic carbocycles. The van der Waals surface area contributed by atoms with Crippen LogP contribution in [0.5, 0.6) is 5.75 Å². The molecule has 2 fully saturated rings. The second kappa shape index (κ2) is 11.2. The number of nitrogens with one attached hydrogen (secondary N) is 2. The molecule has 3 aromatic rings. The minimum atomic E-state index is -3.63. The van der Waals surface area contributed by atoms with Crippen molar-refractivity contribution in [2.45, 2.75) is 69.3 Å². The third-order valence-electron chi connectivity index (χ3n) is 7.62. The number of aromatic nitrogens is 4. The highest BCUT2D eigenvalue weighted by Crippen LogP contribution is 2.41. The lowest BCUT2D eigenvalue weighted by molar-refractivity contribution is 0.195. The maximum absolute atomic E-state index is 12.9. The van der Waals surface area contributed by atoms with Crippen molar-refractivity contribution in [3.63, 3.8) is 0 Å². The van der Waals surface area contributed by atoms with Gasteiger partial charge in [0, 0.05) is 19.8 Å². The molecule has 0 radical (unpaired) electrons. The van der Waals surface area contributed by atoms with Gasteiger partial charge in [0.1, 0.15) is 10.8 Å². The van der Waals surface area contributed by atoms with Crippen molar-refractivity contribution in [2.24, 2.45) is 13.0 Å². The summed E-state index contributed by atoms with van der Waals surface area (Å²) in [4.78, 5) is 11.4. The van der Waals surface area contributed by atoms with E-state index >= 15 is 0 Å². The largest absolute Gasteiger partial charge is 0.488 e. The molecule has 2 aliphatic rings. The second-order valence-corrected chi connectivity index (χ2v) is 14.2. The first-order valence-electron chi connectivity index (χ1n) is 13.8. The van der Waals surface area contributed by atoms with E-state index in [0.717, 1.165) is 43.8 Å². The molecule has 2 aromatic heterocycles. The molecule has 2 atom stereocenters. The summed E-state index contributed by atoms with van der Waals surface area (Å²) in [5.41, 5.74) is 3.61. The Morgan fingerprint density at radius 2 is 1.88 bits per heavy atom. The minimum absolute atomic E-state index is 0.0522. The number of nitrogens with zero attached hydrogens (tertiary/aromatic N) is 5. The number of benzene rings is 1. The van der Waals surface area contributed by atoms with Crippen LogP contribution in [0.1, 0.15) is 57.1 Å². The van der Waals surface area contributed by atoms with E-state index in [-0.39, 0.29) is 22.0 Å². The third-order valence-corrected chi connectivity index (χ3v) is 9.98. The number of halogens is 1. The summed E-state index contributed by atoms with van der Waals surface area (Å²) in [6.45, 7) is 9.86. The molecule has 12 heteroatoms. The molecule has 2 unspecified atom stereocenters. The number of likely N-dealkylation sites (tertiary alicyclic amines) is 1. The Balaban J connectivity index is 1.45. The van der Waals surface area contributed by atoms with Gasteiger partial charge < -0.3 is 20.3 Å². The molecule has 0 spiro atoms. The highest BCUT2D eigenvalue weighted by Gasteiger charge is 2.30. The van der Waals surface area contributed by atoms with Crippen molar-refractivity contribution in [3.8, 4) is 5.75 Å². The van der Waals surface area contributed by atoms with Crippen molar-refractivity contribution in [1.82, 2.24) is 24.6 Å². The highest BCUT2D eigenvalue weighted by molar-refractivity contribution is 7.92. The molecule has 216 valence electrons. The number of rotatable bonds is 9. The number of ether oxygens (including phenoxy) is 1. The maximum atomic E-state index is 12.9. The Labute approximate surface area is 241 Å². The predicted molar refractivity (Wildman–Crippen MR) is 158 cm³/mol. The molecular weight excluding hydrogens is 550 g/mol. The van der Waals surface area contributed by atoms with Crippen LogP contribution in [0.25, 0.3) is 0 Å². The monoisotopic (exact) mass is 587 g/mol. The van der Waals surface area contributed by atoms with E-state index in [4.69, 9.17) is 16.3 Å². The van der Waals surface area contributed by atoms with Crippen LogP contribution >= 0.6 is 11.6 Å². The molecule has 1 saturated heterocycles. The van der Waals surface area contributed by atoms with E-state index in [1.807, 2.05) is 0 Å². The lowest BCUT2D eigenvalue weighted by Gasteiger charge is -2.36. The Bertz CT molecular complexity index is 1500. The van der Waals surface area contributed by atoms with Crippen LogP contribution < -0.4 is 15.4 Å². The normalized spacial score (nSPS) is 20.1. The average molecular weight is 588 g/mol. The van der Waals surface area contributed by atoms with Gasteiger partial charge in [-0.05, 0) is 88.7 Å². The van der Waals surface area contributed by atoms with Crippen LogP contribution in [-0.2, 0) is 16.9 Å². The van der Waals surface area contributed by atoms with E-state index < -0.39 is 15.1 Å². The van der Waals surface area contributed by atoms with Gasteiger partial charge in [0.2, 0.25) is 20.8 Å². The fourth-order valence-electron chi connectivity index (χ4n) is 5.23. The molecule has 0 amide bonds. The Morgan fingerprint density at radius 3 is 2.55 bits per heavy atom. The van der Waals surface area contributed by atoms with Crippen LogP contribution in [0.15, 0.2) is 29.6 Å². The fourth-order valence-corrected chi connectivity index (χ4v) is 6.47.